The van der Waals surface area contributed by atoms with Crippen molar-refractivity contribution >= 4 is 0 Å². The van der Waals surface area contributed by atoms with Gasteiger partial charge in [0.2, 0.25) is 0 Å². The van der Waals surface area contributed by atoms with Gasteiger partial charge in [-0.3, -0.25) is 0 Å². The molecular formula is C13H15Ti+3. The van der Waals surface area contributed by atoms with Crippen LogP contribution in [0.5, 0.6) is 0 Å². The van der Waals surface area contributed by atoms with Crippen molar-refractivity contribution in [3.8, 4) is 0 Å². The van der Waals surface area contributed by atoms with Crippen LogP contribution in [0, 0.1) is 84.5 Å². The maximum absolute atomic E-state index is 3.25. The van der Waals surface area contributed by atoms with Crippen molar-refractivity contribution in [1.82, 2.24) is 0 Å². The van der Waals surface area contributed by atoms with Crippen LogP contribution in [0.25, 0.3) is 0 Å². The maximum atomic E-state index is 3.25. The monoisotopic (exact) mass is 219 g/mol. The Hall–Kier alpha value is 0.714. The van der Waals surface area contributed by atoms with Gasteiger partial charge < -0.3 is 0 Å². The van der Waals surface area contributed by atoms with Crippen molar-refractivity contribution in [2.75, 3.05) is 0 Å². The van der Waals surface area contributed by atoms with Crippen LogP contribution in [-0.2, 0) is 21.7 Å². The molecule has 0 aromatic rings. The Morgan fingerprint density at radius 2 is 0.571 bits per heavy atom. The molecule has 2 rings (SSSR count). The van der Waals surface area contributed by atoms with Gasteiger partial charge in [0.05, 0.1) is 0 Å². The summed E-state index contributed by atoms with van der Waals surface area (Å²) < 4.78 is 0. The standard InChI is InChI=1S/2C5H5.C3H5.Ti/c2*1-2-4-5-3-1;1-3-2;/h2*1-5H;3H,1-2H2;/q;;;+3. The van der Waals surface area contributed by atoms with Crippen LogP contribution in [0.1, 0.15) is 0 Å². The summed E-state index contributed by atoms with van der Waals surface area (Å²) in [5, 5.41) is 0. The van der Waals surface area contributed by atoms with Gasteiger partial charge in [-0.2, -0.15) is 0 Å². The van der Waals surface area contributed by atoms with E-state index in [0.29, 0.717) is 0 Å². The second kappa shape index (κ2) is 16.2. The van der Waals surface area contributed by atoms with E-state index in [1.807, 2.05) is 64.2 Å². The number of rotatable bonds is 0. The first-order chi connectivity index (χ1) is 6.41. The zero-order valence-corrected chi connectivity index (χ0v) is 9.83. The van der Waals surface area contributed by atoms with Crippen LogP contribution < -0.4 is 0 Å². The minimum atomic E-state index is 0. The van der Waals surface area contributed by atoms with Gasteiger partial charge in [0.1, 0.15) is 0 Å². The number of hydrogen-bond donors (Lipinski definition) is 0. The molecule has 14 heavy (non-hydrogen) atoms. The normalized spacial score (nSPS) is 18.4. The van der Waals surface area contributed by atoms with Crippen LogP contribution in [0.3, 0.4) is 0 Å². The smallest absolute Gasteiger partial charge is 0.0499 e. The maximum Gasteiger partial charge on any atom is 3.00 e. The fourth-order valence-electron chi connectivity index (χ4n) is 0.642. The zero-order chi connectivity index (χ0) is 9.78. The molecule has 0 nitrogen and oxygen atoms in total. The molecule has 2 aliphatic rings. The zero-order valence-electron chi connectivity index (χ0n) is 8.27. The Labute approximate surface area is 106 Å². The van der Waals surface area contributed by atoms with Crippen LogP contribution >= 0.6 is 0 Å². The third-order valence-electron chi connectivity index (χ3n) is 1.11. The molecule has 0 N–H and O–H groups in total. The average Bonchev–Trinajstić information content (AvgIpc) is 2.85. The fraction of sp³-hybridized carbons (Fsp3) is 0. The first-order valence-electron chi connectivity index (χ1n) is 4.15. The fourth-order valence-corrected chi connectivity index (χ4v) is 0.642. The summed E-state index contributed by atoms with van der Waals surface area (Å²) >= 11 is 0. The quantitative estimate of drug-likeness (QED) is 0.549. The Morgan fingerprint density at radius 3 is 0.643 bits per heavy atom. The SMILES string of the molecule is [CH2][CH][CH2].[CH]1[CH][CH][CH][CH]1.[CH]1[CH][CH][CH][CH]1.[Ti+3]. The molecule has 0 bridgehead atoms. The molecule has 0 aromatic carbocycles. The van der Waals surface area contributed by atoms with Crippen molar-refractivity contribution in [2.45, 2.75) is 0 Å². The van der Waals surface area contributed by atoms with Crippen molar-refractivity contribution in [3.05, 3.63) is 84.5 Å². The van der Waals surface area contributed by atoms with E-state index in [4.69, 9.17) is 0 Å². The average molecular weight is 219 g/mol. The predicted octanol–water partition coefficient (Wildman–Crippen LogP) is 2.90. The van der Waals surface area contributed by atoms with E-state index < -0.39 is 0 Å². The first-order valence-corrected chi connectivity index (χ1v) is 4.15. The van der Waals surface area contributed by atoms with Gasteiger partial charge in [0, 0.05) is 0 Å². The van der Waals surface area contributed by atoms with Gasteiger partial charge in [-0.05, 0) is 84.5 Å². The molecule has 0 amide bonds. The summed E-state index contributed by atoms with van der Waals surface area (Å²) in [6, 6.07) is 0. The molecule has 0 saturated heterocycles. The summed E-state index contributed by atoms with van der Waals surface area (Å²) in [5.74, 6) is 0. The molecule has 2 aliphatic carbocycles. The predicted molar refractivity (Wildman–Crippen MR) is 58.0 cm³/mol. The molecule has 2 fully saturated rings. The third-order valence-corrected chi connectivity index (χ3v) is 1.11. The van der Waals surface area contributed by atoms with Crippen molar-refractivity contribution < 1.29 is 21.7 Å². The molecule has 1 heteroatoms. The third kappa shape index (κ3) is 15.2. The Balaban J connectivity index is 0. The van der Waals surface area contributed by atoms with Gasteiger partial charge in [0.15, 0.2) is 0 Å². The number of hydrogen-bond acceptors (Lipinski definition) is 0. The van der Waals surface area contributed by atoms with Gasteiger partial charge in [-0.15, -0.1) is 0 Å². The second-order valence-corrected chi connectivity index (χ2v) is 2.21. The minimum absolute atomic E-state index is 0. The van der Waals surface area contributed by atoms with Gasteiger partial charge in [-0.1, -0.05) is 0 Å². The molecule has 0 aliphatic heterocycles. The van der Waals surface area contributed by atoms with E-state index >= 15 is 0 Å². The molecule has 0 heterocycles. The summed E-state index contributed by atoms with van der Waals surface area (Å²) in [6.07, 6.45) is 21.5. The van der Waals surface area contributed by atoms with Crippen LogP contribution in [0.15, 0.2) is 0 Å². The summed E-state index contributed by atoms with van der Waals surface area (Å²) in [5.41, 5.74) is 0. The topological polar surface area (TPSA) is 0 Å². The second-order valence-electron chi connectivity index (χ2n) is 2.21. The Kier molecular flexibility index (Phi) is 19.8. The Bertz CT molecular complexity index is 48.1. The van der Waals surface area contributed by atoms with E-state index in [1.165, 1.54) is 6.42 Å². The van der Waals surface area contributed by atoms with E-state index in [-0.39, 0.29) is 21.7 Å². The van der Waals surface area contributed by atoms with E-state index in [2.05, 4.69) is 13.8 Å². The van der Waals surface area contributed by atoms with Crippen molar-refractivity contribution in [1.29, 1.82) is 0 Å². The molecule has 68 valence electrons. The van der Waals surface area contributed by atoms with E-state index in [0.717, 1.165) is 0 Å². The van der Waals surface area contributed by atoms with Crippen LogP contribution in [0.4, 0.5) is 0 Å². The van der Waals surface area contributed by atoms with Crippen molar-refractivity contribution in [3.63, 3.8) is 0 Å². The van der Waals surface area contributed by atoms with Crippen LogP contribution in [-0.4, -0.2) is 0 Å². The minimum Gasteiger partial charge on any atom is -0.0499 e. The molecule has 0 atom stereocenters. The van der Waals surface area contributed by atoms with Crippen molar-refractivity contribution in [2.24, 2.45) is 0 Å². The Morgan fingerprint density at radius 1 is 0.500 bits per heavy atom. The van der Waals surface area contributed by atoms with Crippen LogP contribution in [0.2, 0.25) is 0 Å². The summed E-state index contributed by atoms with van der Waals surface area (Å²) in [4.78, 5) is 0. The molecular weight excluding hydrogens is 204 g/mol. The van der Waals surface area contributed by atoms with Gasteiger partial charge in [0.25, 0.3) is 0 Å². The molecule has 14 radical (unpaired) electrons. The molecule has 0 unspecified atom stereocenters. The molecule has 0 spiro atoms. The van der Waals surface area contributed by atoms with E-state index in [9.17, 15) is 0 Å². The van der Waals surface area contributed by atoms with E-state index in [1.54, 1.807) is 0 Å². The summed E-state index contributed by atoms with van der Waals surface area (Å²) in [7, 11) is 0. The molecule has 0 aromatic heterocycles. The first kappa shape index (κ1) is 17.1. The largest absolute Gasteiger partial charge is 3.00 e. The van der Waals surface area contributed by atoms with Gasteiger partial charge >= 0.3 is 21.7 Å². The summed E-state index contributed by atoms with van der Waals surface area (Å²) in [6.45, 7) is 6.50. The molecule has 2 saturated carbocycles. The van der Waals surface area contributed by atoms with Gasteiger partial charge in [-0.25, -0.2) is 0 Å².